The van der Waals surface area contributed by atoms with Gasteiger partial charge in [-0.1, -0.05) is 30.3 Å². The van der Waals surface area contributed by atoms with Crippen molar-refractivity contribution in [1.29, 1.82) is 5.26 Å². The minimum Gasteiger partial charge on any atom is -0.436 e. The number of carbonyl (C=O) groups is 1. The number of aromatic nitrogens is 2. The first kappa shape index (κ1) is 20.7. The number of carbonyl (C=O) groups excluding carboxylic acids is 1. The Bertz CT molecular complexity index is 1220. The average molecular weight is 439 g/mol. The molecule has 1 aromatic heterocycles. The Morgan fingerprint density at radius 1 is 1.26 bits per heavy atom. The lowest BCUT2D eigenvalue weighted by Gasteiger charge is -2.26. The summed E-state index contributed by atoms with van der Waals surface area (Å²) in [5.74, 6) is -1.34. The molecule has 1 amide bonds. The minimum absolute atomic E-state index is 0.0655. The highest BCUT2D eigenvalue weighted by Gasteiger charge is 2.22. The van der Waals surface area contributed by atoms with Crippen LogP contribution in [0.2, 0.25) is 5.28 Å². The fourth-order valence-corrected chi connectivity index (χ4v) is 3.37. The number of rotatable bonds is 4. The van der Waals surface area contributed by atoms with Crippen molar-refractivity contribution in [2.24, 2.45) is 0 Å². The number of hydrogen-bond acceptors (Lipinski definition) is 6. The molecule has 0 aliphatic carbocycles. The van der Waals surface area contributed by atoms with E-state index in [1.165, 1.54) is 6.08 Å². The summed E-state index contributed by atoms with van der Waals surface area (Å²) in [6.07, 6.45) is 2.36. The van der Waals surface area contributed by atoms with Crippen molar-refractivity contribution in [2.45, 2.75) is 0 Å². The number of amides is 1. The molecule has 3 aromatic rings. The number of fused-ring (bicyclic) bond motifs is 1. The summed E-state index contributed by atoms with van der Waals surface area (Å²) in [5, 5.41) is 11.1. The first-order chi connectivity index (χ1) is 15.1. The second-order valence-electron chi connectivity index (χ2n) is 6.67. The topological polar surface area (TPSA) is 88.3 Å². The molecule has 0 atom stereocenters. The third-order valence-corrected chi connectivity index (χ3v) is 4.94. The number of halogens is 2. The Hall–Kier alpha value is -3.54. The van der Waals surface area contributed by atoms with Gasteiger partial charge in [-0.15, -0.1) is 0 Å². The first-order valence-corrected chi connectivity index (χ1v) is 9.81. The maximum atomic E-state index is 14.2. The molecule has 0 unspecified atom stereocenters. The SMILES string of the molecule is N#C/C(=C\c1c(Oc2nc(Cl)ncc2F)ccc2ccccc12)C(=O)N1CCOCC1. The molecule has 0 radical (unpaired) electrons. The first-order valence-electron chi connectivity index (χ1n) is 9.43. The van der Waals surface area contributed by atoms with Crippen LogP contribution in [-0.4, -0.2) is 47.1 Å². The lowest BCUT2D eigenvalue weighted by molar-refractivity contribution is -0.130. The van der Waals surface area contributed by atoms with Crippen molar-refractivity contribution in [3.8, 4) is 17.7 Å². The fourth-order valence-electron chi connectivity index (χ4n) is 3.24. The number of ether oxygens (including phenoxy) is 2. The van der Waals surface area contributed by atoms with Crippen LogP contribution in [0.4, 0.5) is 4.39 Å². The number of nitrogens with zero attached hydrogens (tertiary/aromatic N) is 4. The van der Waals surface area contributed by atoms with Crippen LogP contribution >= 0.6 is 11.6 Å². The van der Waals surface area contributed by atoms with E-state index in [1.54, 1.807) is 17.0 Å². The highest BCUT2D eigenvalue weighted by atomic mass is 35.5. The van der Waals surface area contributed by atoms with E-state index >= 15 is 0 Å². The van der Waals surface area contributed by atoms with Crippen LogP contribution in [0.25, 0.3) is 16.8 Å². The molecule has 4 rings (SSSR count). The Kier molecular flexibility index (Phi) is 6.07. The molecule has 1 aliphatic heterocycles. The van der Waals surface area contributed by atoms with Gasteiger partial charge in [0.15, 0.2) is 0 Å². The second-order valence-corrected chi connectivity index (χ2v) is 7.01. The quantitative estimate of drug-likeness (QED) is 0.348. The molecule has 0 spiro atoms. The Morgan fingerprint density at radius 3 is 2.81 bits per heavy atom. The summed E-state index contributed by atoms with van der Waals surface area (Å²) in [6.45, 7) is 1.64. The molecule has 7 nitrogen and oxygen atoms in total. The molecule has 2 heterocycles. The van der Waals surface area contributed by atoms with Gasteiger partial charge in [-0.2, -0.15) is 14.6 Å². The van der Waals surface area contributed by atoms with Crippen molar-refractivity contribution < 1.29 is 18.7 Å². The lowest BCUT2D eigenvalue weighted by atomic mass is 10.0. The Morgan fingerprint density at radius 2 is 2.03 bits per heavy atom. The molecule has 31 heavy (non-hydrogen) atoms. The highest BCUT2D eigenvalue weighted by molar-refractivity contribution is 6.28. The molecular weight excluding hydrogens is 423 g/mol. The Labute approximate surface area is 182 Å². The van der Waals surface area contributed by atoms with Crippen LogP contribution in [-0.2, 0) is 9.53 Å². The van der Waals surface area contributed by atoms with Crippen LogP contribution in [0.5, 0.6) is 11.6 Å². The number of nitriles is 1. The standard InChI is InChI=1S/C22H16ClFN4O3/c23-22-26-13-18(24)20(27-22)31-19-6-5-14-3-1-2-4-16(14)17(19)11-15(12-25)21(29)28-7-9-30-10-8-28/h1-6,11,13H,7-10H2/b15-11+. The largest absolute Gasteiger partial charge is 0.436 e. The van der Waals surface area contributed by atoms with E-state index in [2.05, 4.69) is 9.97 Å². The van der Waals surface area contributed by atoms with Crippen molar-refractivity contribution in [3.63, 3.8) is 0 Å². The number of benzene rings is 2. The van der Waals surface area contributed by atoms with E-state index in [0.717, 1.165) is 17.0 Å². The molecule has 9 heteroatoms. The van der Waals surface area contributed by atoms with Gasteiger partial charge in [-0.3, -0.25) is 4.79 Å². The summed E-state index contributed by atoms with van der Waals surface area (Å²) < 4.78 is 25.1. The normalized spacial score (nSPS) is 14.4. The molecule has 0 N–H and O–H groups in total. The fraction of sp³-hybridized carbons (Fsp3) is 0.182. The summed E-state index contributed by atoms with van der Waals surface area (Å²) in [5.41, 5.74) is 0.384. The molecule has 1 aliphatic rings. The van der Waals surface area contributed by atoms with Crippen LogP contribution in [0.15, 0.2) is 48.2 Å². The van der Waals surface area contributed by atoms with Gasteiger partial charge in [0, 0.05) is 18.7 Å². The van der Waals surface area contributed by atoms with Crippen LogP contribution in [0.1, 0.15) is 5.56 Å². The molecule has 2 aromatic carbocycles. The maximum absolute atomic E-state index is 14.2. The predicted octanol–water partition coefficient (Wildman–Crippen LogP) is 3.98. The molecule has 0 saturated carbocycles. The van der Waals surface area contributed by atoms with Gasteiger partial charge in [-0.05, 0) is 34.5 Å². The highest BCUT2D eigenvalue weighted by Crippen LogP contribution is 2.34. The molecule has 156 valence electrons. The van der Waals surface area contributed by atoms with E-state index in [9.17, 15) is 14.4 Å². The van der Waals surface area contributed by atoms with Crippen LogP contribution in [0, 0.1) is 17.1 Å². The maximum Gasteiger partial charge on any atom is 0.264 e. The predicted molar refractivity (Wildman–Crippen MR) is 112 cm³/mol. The average Bonchev–Trinajstić information content (AvgIpc) is 2.81. The van der Waals surface area contributed by atoms with E-state index < -0.39 is 11.7 Å². The summed E-state index contributed by atoms with van der Waals surface area (Å²) in [7, 11) is 0. The van der Waals surface area contributed by atoms with Gasteiger partial charge >= 0.3 is 0 Å². The van der Waals surface area contributed by atoms with Crippen molar-refractivity contribution in [3.05, 3.63) is 64.8 Å². The smallest absolute Gasteiger partial charge is 0.264 e. The van der Waals surface area contributed by atoms with Crippen molar-refractivity contribution >= 4 is 34.4 Å². The zero-order valence-electron chi connectivity index (χ0n) is 16.2. The van der Waals surface area contributed by atoms with Gasteiger partial charge in [0.25, 0.3) is 11.8 Å². The second kappa shape index (κ2) is 9.08. The van der Waals surface area contributed by atoms with Gasteiger partial charge in [-0.25, -0.2) is 4.98 Å². The van der Waals surface area contributed by atoms with Gasteiger partial charge in [0.05, 0.1) is 19.4 Å². The summed E-state index contributed by atoms with van der Waals surface area (Å²) in [6, 6.07) is 12.8. The van der Waals surface area contributed by atoms with Crippen molar-refractivity contribution in [2.75, 3.05) is 26.3 Å². The van der Waals surface area contributed by atoms with Crippen molar-refractivity contribution in [1.82, 2.24) is 14.9 Å². The lowest BCUT2D eigenvalue weighted by Crippen LogP contribution is -2.41. The van der Waals surface area contributed by atoms with E-state index in [1.807, 2.05) is 30.3 Å². The van der Waals surface area contributed by atoms with Gasteiger partial charge < -0.3 is 14.4 Å². The number of morpholine rings is 1. The zero-order valence-corrected chi connectivity index (χ0v) is 17.0. The van der Waals surface area contributed by atoms with Gasteiger partial charge in [0.1, 0.15) is 17.4 Å². The van der Waals surface area contributed by atoms with E-state index in [4.69, 9.17) is 21.1 Å². The molecular formula is C22H16ClFN4O3. The van der Waals surface area contributed by atoms with Crippen LogP contribution < -0.4 is 4.74 Å². The molecule has 1 fully saturated rings. The summed E-state index contributed by atoms with van der Waals surface area (Å²) in [4.78, 5) is 21.8. The monoisotopic (exact) mass is 438 g/mol. The Balaban J connectivity index is 1.81. The molecule has 1 saturated heterocycles. The number of hydrogen-bond donors (Lipinski definition) is 0. The third-order valence-electron chi connectivity index (χ3n) is 4.76. The molecule has 0 bridgehead atoms. The van der Waals surface area contributed by atoms with Crippen LogP contribution in [0.3, 0.4) is 0 Å². The van der Waals surface area contributed by atoms with Gasteiger partial charge in [0.2, 0.25) is 11.1 Å². The minimum atomic E-state index is -0.794. The summed E-state index contributed by atoms with van der Waals surface area (Å²) >= 11 is 5.77. The van der Waals surface area contributed by atoms with E-state index in [0.29, 0.717) is 31.9 Å². The zero-order chi connectivity index (χ0) is 21.8. The third kappa shape index (κ3) is 4.48. The van der Waals surface area contributed by atoms with E-state index in [-0.39, 0.29) is 22.5 Å².